The average Bonchev–Trinajstić information content (AvgIpc) is 2.71. The summed E-state index contributed by atoms with van der Waals surface area (Å²) in [6.07, 6.45) is 0. The lowest BCUT2D eigenvalue weighted by Crippen LogP contribution is -2.54. The van der Waals surface area contributed by atoms with E-state index < -0.39 is 5.41 Å². The van der Waals surface area contributed by atoms with Gasteiger partial charge in [0.05, 0.1) is 0 Å². The third kappa shape index (κ3) is 4.85. The number of hydrogen-bond donors (Lipinski definition) is 1. The minimum Gasteiger partial charge on any atom is -0.339 e. The molecule has 1 saturated heterocycles. The van der Waals surface area contributed by atoms with Crippen molar-refractivity contribution in [3.05, 3.63) is 65.2 Å². The predicted molar refractivity (Wildman–Crippen MR) is 117 cm³/mol. The molecule has 1 N–H and O–H groups in total. The highest BCUT2D eigenvalue weighted by Crippen LogP contribution is 2.26. The fourth-order valence-corrected chi connectivity index (χ4v) is 3.72. The Balaban J connectivity index is 1.60. The highest BCUT2D eigenvalue weighted by Gasteiger charge is 2.40. The van der Waals surface area contributed by atoms with Crippen molar-refractivity contribution in [2.75, 3.05) is 31.5 Å². The largest absolute Gasteiger partial charge is 0.339 e. The fraction of sp³-hybridized carbons (Fsp3) is 0.417. The highest BCUT2D eigenvalue weighted by atomic mass is 16.2. The lowest BCUT2D eigenvalue weighted by Gasteiger charge is -2.38. The molecule has 5 nitrogen and oxygen atoms in total. The molecule has 1 aliphatic rings. The van der Waals surface area contributed by atoms with E-state index >= 15 is 0 Å². The quantitative estimate of drug-likeness (QED) is 0.790. The molecule has 1 aliphatic heterocycles. The summed E-state index contributed by atoms with van der Waals surface area (Å²) in [5.74, 6) is -0.368. The second-order valence-corrected chi connectivity index (χ2v) is 8.40. The molecule has 2 aromatic carbocycles. The minimum atomic E-state index is -1.11. The molecule has 2 amide bonds. The Morgan fingerprint density at radius 3 is 2.07 bits per heavy atom. The van der Waals surface area contributed by atoms with Crippen LogP contribution in [0, 0.1) is 19.3 Å². The van der Waals surface area contributed by atoms with Crippen LogP contribution in [0.3, 0.4) is 0 Å². The van der Waals surface area contributed by atoms with E-state index in [4.69, 9.17) is 0 Å². The van der Waals surface area contributed by atoms with Gasteiger partial charge in [0.2, 0.25) is 11.8 Å². The van der Waals surface area contributed by atoms with Crippen LogP contribution in [0.1, 0.15) is 30.5 Å². The normalized spacial score (nSPS) is 15.2. The van der Waals surface area contributed by atoms with Gasteiger partial charge < -0.3 is 10.2 Å². The first kappa shape index (κ1) is 21.1. The Hall–Kier alpha value is -2.66. The average molecular weight is 394 g/mol. The number of piperazine rings is 1. The van der Waals surface area contributed by atoms with E-state index in [0.717, 1.165) is 36.4 Å². The lowest BCUT2D eigenvalue weighted by atomic mass is 9.89. The second-order valence-electron chi connectivity index (χ2n) is 8.40. The predicted octanol–water partition coefficient (Wildman–Crippen LogP) is 3.61. The molecule has 0 aromatic heterocycles. The summed E-state index contributed by atoms with van der Waals surface area (Å²) in [4.78, 5) is 30.3. The standard InChI is InChI=1S/C24H31N3O2/c1-18-9-8-10-19(2)21(18)25-22(28)24(3,4)23(29)27-15-13-26(14-16-27)17-20-11-6-5-7-12-20/h5-12H,13-17H2,1-4H3,(H,25,28). The van der Waals surface area contributed by atoms with Crippen molar-refractivity contribution in [1.29, 1.82) is 0 Å². The zero-order valence-corrected chi connectivity index (χ0v) is 17.9. The third-order valence-electron chi connectivity index (χ3n) is 5.73. The van der Waals surface area contributed by atoms with Crippen molar-refractivity contribution in [3.8, 4) is 0 Å². The number of aryl methyl sites for hydroxylation is 2. The number of anilines is 1. The monoisotopic (exact) mass is 393 g/mol. The van der Waals surface area contributed by atoms with Gasteiger partial charge in [0.1, 0.15) is 5.41 Å². The molecule has 0 unspecified atom stereocenters. The van der Waals surface area contributed by atoms with Gasteiger partial charge in [0.25, 0.3) is 0 Å². The summed E-state index contributed by atoms with van der Waals surface area (Å²) in [5, 5.41) is 2.98. The van der Waals surface area contributed by atoms with E-state index in [-0.39, 0.29) is 11.8 Å². The van der Waals surface area contributed by atoms with Gasteiger partial charge in [-0.25, -0.2) is 0 Å². The van der Waals surface area contributed by atoms with Crippen LogP contribution in [-0.4, -0.2) is 47.8 Å². The van der Waals surface area contributed by atoms with Crippen LogP contribution in [0.25, 0.3) is 0 Å². The van der Waals surface area contributed by atoms with Crippen molar-refractivity contribution >= 4 is 17.5 Å². The maximum absolute atomic E-state index is 13.1. The molecular weight excluding hydrogens is 362 g/mol. The fourth-order valence-electron chi connectivity index (χ4n) is 3.72. The number of nitrogens with zero attached hydrogens (tertiary/aromatic N) is 2. The first-order chi connectivity index (χ1) is 13.8. The van der Waals surface area contributed by atoms with E-state index in [0.29, 0.717) is 13.1 Å². The summed E-state index contributed by atoms with van der Waals surface area (Å²) in [5.41, 5.74) is 2.95. The molecule has 1 fully saturated rings. The molecule has 0 aliphatic carbocycles. The number of carbonyl (C=O) groups excluding carboxylic acids is 2. The molecule has 0 bridgehead atoms. The topological polar surface area (TPSA) is 52.7 Å². The number of amides is 2. The smallest absolute Gasteiger partial charge is 0.239 e. The molecule has 1 heterocycles. The molecule has 0 atom stereocenters. The molecule has 0 radical (unpaired) electrons. The molecule has 5 heteroatoms. The third-order valence-corrected chi connectivity index (χ3v) is 5.73. The summed E-state index contributed by atoms with van der Waals surface area (Å²) >= 11 is 0. The summed E-state index contributed by atoms with van der Waals surface area (Å²) in [6, 6.07) is 16.2. The van der Waals surface area contributed by atoms with Crippen LogP contribution in [-0.2, 0) is 16.1 Å². The Bertz CT molecular complexity index is 849. The van der Waals surface area contributed by atoms with Gasteiger partial charge >= 0.3 is 0 Å². The number of carbonyl (C=O) groups is 2. The van der Waals surface area contributed by atoms with Crippen molar-refractivity contribution in [1.82, 2.24) is 9.80 Å². The number of rotatable bonds is 5. The van der Waals surface area contributed by atoms with Gasteiger partial charge in [-0.15, -0.1) is 0 Å². The Labute approximate surface area is 173 Å². The van der Waals surface area contributed by atoms with Crippen LogP contribution >= 0.6 is 0 Å². The molecule has 3 rings (SSSR count). The van der Waals surface area contributed by atoms with Crippen LogP contribution in [0.2, 0.25) is 0 Å². The van der Waals surface area contributed by atoms with E-state index in [2.05, 4.69) is 22.3 Å². The Kier molecular flexibility index (Phi) is 6.38. The molecule has 0 spiro atoms. The number of hydrogen-bond acceptors (Lipinski definition) is 3. The molecular formula is C24H31N3O2. The molecule has 29 heavy (non-hydrogen) atoms. The van der Waals surface area contributed by atoms with Crippen LogP contribution < -0.4 is 5.32 Å². The first-order valence-corrected chi connectivity index (χ1v) is 10.2. The second kappa shape index (κ2) is 8.78. The van der Waals surface area contributed by atoms with Crippen LogP contribution in [0.5, 0.6) is 0 Å². The van der Waals surface area contributed by atoms with Crippen molar-refractivity contribution in [2.24, 2.45) is 5.41 Å². The zero-order chi connectivity index (χ0) is 21.0. The van der Waals surface area contributed by atoms with Crippen molar-refractivity contribution < 1.29 is 9.59 Å². The van der Waals surface area contributed by atoms with Gasteiger partial charge in [-0.2, -0.15) is 0 Å². The number of benzene rings is 2. The number of nitrogens with one attached hydrogen (secondary N) is 1. The maximum atomic E-state index is 13.1. The van der Waals surface area contributed by atoms with Gasteiger partial charge in [0.15, 0.2) is 0 Å². The van der Waals surface area contributed by atoms with Gasteiger partial charge in [-0.05, 0) is 44.4 Å². The highest BCUT2D eigenvalue weighted by molar-refractivity contribution is 6.10. The molecule has 154 valence electrons. The van der Waals surface area contributed by atoms with E-state index in [1.54, 1.807) is 13.8 Å². The van der Waals surface area contributed by atoms with Crippen molar-refractivity contribution in [2.45, 2.75) is 34.2 Å². The summed E-state index contributed by atoms with van der Waals surface area (Å²) in [6.45, 7) is 11.2. The molecule has 0 saturated carbocycles. The number of para-hydroxylation sites is 1. The first-order valence-electron chi connectivity index (χ1n) is 10.2. The van der Waals surface area contributed by atoms with E-state index in [9.17, 15) is 9.59 Å². The zero-order valence-electron chi connectivity index (χ0n) is 17.9. The lowest BCUT2D eigenvalue weighted by molar-refractivity contribution is -0.147. The van der Waals surface area contributed by atoms with Crippen molar-refractivity contribution in [3.63, 3.8) is 0 Å². The SMILES string of the molecule is Cc1cccc(C)c1NC(=O)C(C)(C)C(=O)N1CCN(Cc2ccccc2)CC1. The van der Waals surface area contributed by atoms with Gasteiger partial charge in [-0.1, -0.05) is 48.5 Å². The summed E-state index contributed by atoms with van der Waals surface area (Å²) < 4.78 is 0. The van der Waals surface area contributed by atoms with Gasteiger partial charge in [0, 0.05) is 38.4 Å². The Morgan fingerprint density at radius 2 is 1.48 bits per heavy atom. The molecule has 2 aromatic rings. The van der Waals surface area contributed by atoms with E-state index in [1.807, 2.05) is 55.1 Å². The maximum Gasteiger partial charge on any atom is 0.239 e. The Morgan fingerprint density at radius 1 is 0.897 bits per heavy atom. The summed E-state index contributed by atoms with van der Waals surface area (Å²) in [7, 11) is 0. The van der Waals surface area contributed by atoms with E-state index in [1.165, 1.54) is 5.56 Å². The minimum absolute atomic E-state index is 0.111. The van der Waals surface area contributed by atoms with Crippen LogP contribution in [0.4, 0.5) is 5.69 Å². The van der Waals surface area contributed by atoms with Gasteiger partial charge in [-0.3, -0.25) is 14.5 Å². The van der Waals surface area contributed by atoms with Crippen LogP contribution in [0.15, 0.2) is 48.5 Å².